The fourth-order valence-electron chi connectivity index (χ4n) is 2.48. The molecule has 0 aliphatic heterocycles. The van der Waals surface area contributed by atoms with Crippen molar-refractivity contribution in [2.24, 2.45) is 0 Å². The standard InChI is InChI=1S/C20H19N3O3S/c1-13-4-6-14(7-5-13)8-18(12-21)27-20-23-22-19(26-20)15-9-16(24-2)11-17(10-15)25-3/h4-7,9-11,18H,8H2,1-3H3. The number of benzene rings is 2. The van der Waals surface area contributed by atoms with Crippen molar-refractivity contribution in [2.75, 3.05) is 14.2 Å². The van der Waals surface area contributed by atoms with Gasteiger partial charge in [0.1, 0.15) is 16.7 Å². The summed E-state index contributed by atoms with van der Waals surface area (Å²) in [5, 5.41) is 17.6. The van der Waals surface area contributed by atoms with E-state index in [1.165, 1.54) is 17.3 Å². The molecule has 3 rings (SSSR count). The lowest BCUT2D eigenvalue weighted by molar-refractivity contribution is 0.394. The summed E-state index contributed by atoms with van der Waals surface area (Å²) in [4.78, 5) is 0. The number of nitrogens with zero attached hydrogens (tertiary/aromatic N) is 3. The number of thioether (sulfide) groups is 1. The maximum absolute atomic E-state index is 9.47. The van der Waals surface area contributed by atoms with Crippen molar-refractivity contribution in [3.8, 4) is 29.0 Å². The van der Waals surface area contributed by atoms with E-state index in [-0.39, 0.29) is 5.25 Å². The van der Waals surface area contributed by atoms with Gasteiger partial charge in [0.05, 0.1) is 20.3 Å². The highest BCUT2D eigenvalue weighted by Gasteiger charge is 2.17. The summed E-state index contributed by atoms with van der Waals surface area (Å²) in [6, 6.07) is 15.8. The van der Waals surface area contributed by atoms with Gasteiger partial charge in [0.25, 0.3) is 5.22 Å². The summed E-state index contributed by atoms with van der Waals surface area (Å²) < 4.78 is 16.3. The van der Waals surface area contributed by atoms with Crippen LogP contribution in [0.1, 0.15) is 11.1 Å². The molecule has 0 saturated heterocycles. The molecule has 1 heterocycles. The van der Waals surface area contributed by atoms with Gasteiger partial charge in [-0.1, -0.05) is 29.8 Å². The highest BCUT2D eigenvalue weighted by molar-refractivity contribution is 7.99. The van der Waals surface area contributed by atoms with E-state index >= 15 is 0 Å². The molecule has 1 atom stereocenters. The second kappa shape index (κ2) is 8.60. The zero-order valence-corrected chi connectivity index (χ0v) is 16.1. The molecule has 0 saturated carbocycles. The Balaban J connectivity index is 1.75. The second-order valence-electron chi connectivity index (χ2n) is 5.90. The number of ether oxygens (including phenoxy) is 2. The van der Waals surface area contributed by atoms with Crippen molar-refractivity contribution in [2.45, 2.75) is 23.8 Å². The first kappa shape index (κ1) is 18.8. The van der Waals surface area contributed by atoms with Crippen LogP contribution in [0.2, 0.25) is 0 Å². The molecular formula is C20H19N3O3S. The number of rotatable bonds is 7. The van der Waals surface area contributed by atoms with Crippen LogP contribution in [0.3, 0.4) is 0 Å². The summed E-state index contributed by atoms with van der Waals surface area (Å²) in [5.74, 6) is 1.61. The zero-order valence-electron chi connectivity index (χ0n) is 15.3. The monoisotopic (exact) mass is 381 g/mol. The van der Waals surface area contributed by atoms with Crippen molar-refractivity contribution in [1.82, 2.24) is 10.2 Å². The highest BCUT2D eigenvalue weighted by atomic mass is 32.2. The van der Waals surface area contributed by atoms with Gasteiger partial charge in [-0.25, -0.2) is 0 Å². The van der Waals surface area contributed by atoms with E-state index < -0.39 is 0 Å². The summed E-state index contributed by atoms with van der Waals surface area (Å²) in [6.45, 7) is 2.04. The Kier molecular flexibility index (Phi) is 5.99. The molecule has 0 fully saturated rings. The molecule has 6 nitrogen and oxygen atoms in total. The predicted octanol–water partition coefficient (Wildman–Crippen LogP) is 4.29. The molecule has 0 bridgehead atoms. The van der Waals surface area contributed by atoms with E-state index in [1.807, 2.05) is 31.2 Å². The largest absolute Gasteiger partial charge is 0.497 e. The van der Waals surface area contributed by atoms with Gasteiger partial charge in [-0.2, -0.15) is 5.26 Å². The molecule has 0 aliphatic rings. The Morgan fingerprint density at radius 3 is 2.33 bits per heavy atom. The summed E-state index contributed by atoms with van der Waals surface area (Å²) in [5.41, 5.74) is 2.98. The van der Waals surface area contributed by atoms with Crippen molar-refractivity contribution in [3.05, 3.63) is 53.6 Å². The molecule has 3 aromatic rings. The van der Waals surface area contributed by atoms with Gasteiger partial charge < -0.3 is 13.9 Å². The maximum atomic E-state index is 9.47. The second-order valence-corrected chi connectivity index (χ2v) is 7.05. The third-order valence-electron chi connectivity index (χ3n) is 3.93. The average molecular weight is 381 g/mol. The minimum atomic E-state index is -0.319. The number of nitriles is 1. The van der Waals surface area contributed by atoms with Crippen LogP contribution in [-0.4, -0.2) is 29.7 Å². The molecule has 138 valence electrons. The molecule has 0 radical (unpaired) electrons. The number of aryl methyl sites for hydroxylation is 1. The lowest BCUT2D eigenvalue weighted by Gasteiger charge is -2.07. The molecule has 0 spiro atoms. The van der Waals surface area contributed by atoms with Crippen LogP contribution < -0.4 is 9.47 Å². The lowest BCUT2D eigenvalue weighted by atomic mass is 10.1. The first-order valence-electron chi connectivity index (χ1n) is 8.30. The van der Waals surface area contributed by atoms with Crippen LogP contribution >= 0.6 is 11.8 Å². The van der Waals surface area contributed by atoms with Gasteiger partial charge in [-0.15, -0.1) is 10.2 Å². The Hall–Kier alpha value is -2.98. The van der Waals surface area contributed by atoms with Crippen LogP contribution in [0.5, 0.6) is 11.5 Å². The van der Waals surface area contributed by atoms with Gasteiger partial charge in [0.15, 0.2) is 0 Å². The smallest absolute Gasteiger partial charge is 0.278 e. The Morgan fingerprint density at radius 2 is 1.74 bits per heavy atom. The lowest BCUT2D eigenvalue weighted by Crippen LogP contribution is -2.03. The van der Waals surface area contributed by atoms with E-state index in [0.29, 0.717) is 34.6 Å². The Morgan fingerprint density at radius 1 is 1.07 bits per heavy atom. The molecule has 0 amide bonds. The van der Waals surface area contributed by atoms with Crippen LogP contribution in [0, 0.1) is 18.3 Å². The quantitative estimate of drug-likeness (QED) is 0.565. The fourth-order valence-corrected chi connectivity index (χ4v) is 3.27. The van der Waals surface area contributed by atoms with Crippen LogP contribution in [-0.2, 0) is 6.42 Å². The van der Waals surface area contributed by atoms with Crippen molar-refractivity contribution in [3.63, 3.8) is 0 Å². The van der Waals surface area contributed by atoms with E-state index in [0.717, 1.165) is 5.56 Å². The normalized spacial score (nSPS) is 11.6. The third kappa shape index (κ3) is 4.80. The van der Waals surface area contributed by atoms with Crippen LogP contribution in [0.15, 0.2) is 52.1 Å². The third-order valence-corrected chi connectivity index (χ3v) is 4.86. The number of methoxy groups -OCH3 is 2. The SMILES string of the molecule is COc1cc(OC)cc(-c2nnc(SC(C#N)Cc3ccc(C)cc3)o2)c1. The first-order valence-corrected chi connectivity index (χ1v) is 9.18. The molecule has 0 N–H and O–H groups in total. The topological polar surface area (TPSA) is 81.2 Å². The molecule has 1 unspecified atom stereocenters. The van der Waals surface area contributed by atoms with E-state index in [9.17, 15) is 5.26 Å². The van der Waals surface area contributed by atoms with E-state index in [4.69, 9.17) is 13.9 Å². The first-order chi connectivity index (χ1) is 13.1. The molecule has 0 aliphatic carbocycles. The molecule has 1 aromatic heterocycles. The number of hydrogen-bond donors (Lipinski definition) is 0. The summed E-state index contributed by atoms with van der Waals surface area (Å²) in [7, 11) is 3.16. The minimum absolute atomic E-state index is 0.319. The van der Waals surface area contributed by atoms with Gasteiger partial charge in [0, 0.05) is 11.6 Å². The van der Waals surface area contributed by atoms with Crippen molar-refractivity contribution >= 4 is 11.8 Å². The molecule has 27 heavy (non-hydrogen) atoms. The predicted molar refractivity (Wildman–Crippen MR) is 103 cm³/mol. The highest BCUT2D eigenvalue weighted by Crippen LogP contribution is 2.32. The van der Waals surface area contributed by atoms with Crippen LogP contribution in [0.25, 0.3) is 11.5 Å². The summed E-state index contributed by atoms with van der Waals surface area (Å²) in [6.07, 6.45) is 0.603. The molecule has 7 heteroatoms. The number of hydrogen-bond acceptors (Lipinski definition) is 7. The van der Waals surface area contributed by atoms with Gasteiger partial charge in [-0.05, 0) is 42.8 Å². The minimum Gasteiger partial charge on any atom is -0.497 e. The van der Waals surface area contributed by atoms with Gasteiger partial charge in [-0.3, -0.25) is 0 Å². The van der Waals surface area contributed by atoms with Crippen LogP contribution in [0.4, 0.5) is 0 Å². The Bertz CT molecular complexity index is 926. The zero-order chi connectivity index (χ0) is 19.2. The van der Waals surface area contributed by atoms with Crippen molar-refractivity contribution in [1.29, 1.82) is 5.26 Å². The van der Waals surface area contributed by atoms with E-state index in [2.05, 4.69) is 16.3 Å². The van der Waals surface area contributed by atoms with Crippen molar-refractivity contribution < 1.29 is 13.9 Å². The Labute approximate surface area is 162 Å². The van der Waals surface area contributed by atoms with Gasteiger partial charge in [0.2, 0.25) is 5.89 Å². The number of aromatic nitrogens is 2. The fraction of sp³-hybridized carbons (Fsp3) is 0.250. The molecular weight excluding hydrogens is 362 g/mol. The maximum Gasteiger partial charge on any atom is 0.278 e. The van der Waals surface area contributed by atoms with Gasteiger partial charge >= 0.3 is 0 Å². The average Bonchev–Trinajstić information content (AvgIpc) is 3.17. The summed E-state index contributed by atoms with van der Waals surface area (Å²) >= 11 is 1.26. The van der Waals surface area contributed by atoms with E-state index in [1.54, 1.807) is 32.4 Å². The molecule has 2 aromatic carbocycles.